The highest BCUT2D eigenvalue weighted by Gasteiger charge is 2.65. The van der Waals surface area contributed by atoms with E-state index in [1.165, 1.54) is 6.92 Å². The predicted molar refractivity (Wildman–Crippen MR) is 94.0 cm³/mol. The molecule has 0 saturated carbocycles. The number of ether oxygens (including phenoxy) is 1. The normalized spacial score (nSPS) is 15.2. The highest BCUT2D eigenvalue weighted by molar-refractivity contribution is 8.45. The highest BCUT2D eigenvalue weighted by Crippen LogP contribution is 3.02. The topological polar surface area (TPSA) is 69.4 Å². The van der Waals surface area contributed by atoms with E-state index in [-0.39, 0.29) is 25.2 Å². The van der Waals surface area contributed by atoms with E-state index < -0.39 is 43.2 Å². The van der Waals surface area contributed by atoms with Crippen LogP contribution in [0.1, 0.15) is 24.0 Å². The van der Waals surface area contributed by atoms with E-state index in [0.29, 0.717) is 11.6 Å². The van der Waals surface area contributed by atoms with E-state index in [1.54, 1.807) is 30.3 Å². The maximum absolute atomic E-state index is 13.2. The van der Waals surface area contributed by atoms with Gasteiger partial charge < -0.3 is 4.74 Å². The number of hydrogen-bond donors (Lipinski definition) is 0. The van der Waals surface area contributed by atoms with Crippen molar-refractivity contribution in [2.45, 2.75) is 24.2 Å². The van der Waals surface area contributed by atoms with Crippen molar-refractivity contribution < 1.29 is 33.9 Å². The molecule has 0 spiro atoms. The average Bonchev–Trinajstić information content (AvgIpc) is 2.58. The first-order valence-electron chi connectivity index (χ1n) is 7.96. The van der Waals surface area contributed by atoms with Crippen molar-refractivity contribution >= 4 is 21.9 Å². The Morgan fingerprint density at radius 1 is 1.11 bits per heavy atom. The average molecular weight is 425 g/mol. The summed E-state index contributed by atoms with van der Waals surface area (Å²) < 4.78 is 70.9. The van der Waals surface area contributed by atoms with Crippen LogP contribution in [0.5, 0.6) is 0 Å². The fourth-order valence-electron chi connectivity index (χ4n) is 2.63. The molecule has 0 aliphatic carbocycles. The summed E-state index contributed by atoms with van der Waals surface area (Å²) in [4.78, 5) is 20.3. The summed E-state index contributed by atoms with van der Waals surface area (Å²) in [5.41, 5.74) is -1.19. The minimum atomic E-state index is -10.1. The number of nitro groups is 1. The van der Waals surface area contributed by atoms with Crippen LogP contribution in [0.2, 0.25) is 0 Å². The predicted octanol–water partition coefficient (Wildman–Crippen LogP) is 6.14. The van der Waals surface area contributed by atoms with Crippen LogP contribution in [0, 0.1) is 10.1 Å². The Kier molecular flexibility index (Phi) is 5.19. The minimum absolute atomic E-state index is 0.0236. The van der Waals surface area contributed by atoms with Gasteiger partial charge in [-0.05, 0) is 31.0 Å². The molecule has 0 aromatic heterocycles. The molecule has 2 aromatic rings. The fourth-order valence-corrected chi connectivity index (χ4v) is 3.31. The lowest BCUT2D eigenvalue weighted by Gasteiger charge is -2.40. The lowest BCUT2D eigenvalue weighted by atomic mass is 9.91. The Morgan fingerprint density at radius 3 is 2.21 bits per heavy atom. The lowest BCUT2D eigenvalue weighted by Crippen LogP contribution is -2.20. The van der Waals surface area contributed by atoms with Crippen LogP contribution in [0.25, 0.3) is 0 Å². The molecule has 28 heavy (non-hydrogen) atoms. The van der Waals surface area contributed by atoms with Crippen LogP contribution in [0.15, 0.2) is 53.4 Å². The zero-order chi connectivity index (χ0) is 21.2. The minimum Gasteiger partial charge on any atom is -0.466 e. The fraction of sp³-hybridized carbons (Fsp3) is 0.235. The molecule has 0 fully saturated rings. The van der Waals surface area contributed by atoms with E-state index in [9.17, 15) is 34.3 Å². The van der Waals surface area contributed by atoms with E-state index in [2.05, 4.69) is 0 Å². The number of carbonyl (C=O) groups excluding carboxylic acids is 1. The molecule has 154 valence electrons. The number of benzene rings is 2. The van der Waals surface area contributed by atoms with Crippen molar-refractivity contribution in [1.29, 1.82) is 0 Å². The van der Waals surface area contributed by atoms with Gasteiger partial charge in [-0.3, -0.25) is 14.9 Å². The molecule has 1 atom stereocenters. The van der Waals surface area contributed by atoms with Gasteiger partial charge in [0.25, 0.3) is 5.69 Å². The van der Waals surface area contributed by atoms with Crippen LogP contribution in [-0.2, 0) is 16.0 Å². The number of hydrogen-bond acceptors (Lipinski definition) is 4. The number of rotatable bonds is 7. The van der Waals surface area contributed by atoms with Gasteiger partial charge in [-0.2, -0.15) is 0 Å². The summed E-state index contributed by atoms with van der Waals surface area (Å²) in [7, 11) is -10.1. The first-order valence-corrected chi connectivity index (χ1v) is 9.91. The third kappa shape index (κ3) is 5.18. The number of carbonyl (C=O) groups is 1. The van der Waals surface area contributed by atoms with Crippen LogP contribution in [0.3, 0.4) is 0 Å². The molecule has 0 saturated heterocycles. The van der Waals surface area contributed by atoms with Gasteiger partial charge in [-0.25, -0.2) is 0 Å². The summed E-state index contributed by atoms with van der Waals surface area (Å²) >= 11 is 0. The van der Waals surface area contributed by atoms with Gasteiger partial charge in [-0.15, -0.1) is 0 Å². The smallest absolute Gasteiger partial charge is 0.314 e. The van der Waals surface area contributed by atoms with Gasteiger partial charge in [0.05, 0.1) is 17.4 Å². The summed E-state index contributed by atoms with van der Waals surface area (Å²) in [6.45, 7) is 1.30. The summed E-state index contributed by atoms with van der Waals surface area (Å²) in [5, 5.41) is 11.3. The van der Waals surface area contributed by atoms with Crippen molar-refractivity contribution in [2.24, 2.45) is 0 Å². The Balaban J connectivity index is 2.69. The first kappa shape index (κ1) is 21.6. The maximum atomic E-state index is 13.2. The Hall–Kier alpha value is -2.69. The van der Waals surface area contributed by atoms with Crippen LogP contribution in [-0.4, -0.2) is 17.5 Å². The second kappa shape index (κ2) is 6.73. The molecule has 0 N–H and O–H groups in total. The molecule has 0 heterocycles. The molecule has 0 aliphatic rings. The summed E-state index contributed by atoms with van der Waals surface area (Å²) in [6, 6.07) is 8.20. The highest BCUT2D eigenvalue weighted by atomic mass is 32.5. The Morgan fingerprint density at radius 2 is 1.71 bits per heavy atom. The molecule has 0 bridgehead atoms. The van der Waals surface area contributed by atoms with Crippen LogP contribution < -0.4 is 0 Å². The van der Waals surface area contributed by atoms with Gasteiger partial charge >= 0.3 is 16.2 Å². The van der Waals surface area contributed by atoms with Crippen molar-refractivity contribution in [1.82, 2.24) is 0 Å². The number of halogens is 5. The second-order valence-electron chi connectivity index (χ2n) is 5.94. The molecule has 0 aliphatic heterocycles. The standard InChI is InChI=1S/C17H16F5NO4S/c1-2-27-17(24)15(10-12-6-4-3-5-7-12)14-11-13(28(18,19,20,21)22)8-9-16(14)23(25)26/h3-9,11,15H,2,10H2,1H3. The molecule has 0 amide bonds. The van der Waals surface area contributed by atoms with Crippen LogP contribution >= 0.6 is 10.2 Å². The quantitative estimate of drug-likeness (QED) is 0.231. The third-order valence-corrected chi connectivity index (χ3v) is 5.02. The molecular formula is C17H16F5NO4S. The van der Waals surface area contributed by atoms with Gasteiger partial charge in [0.2, 0.25) is 0 Å². The molecule has 0 radical (unpaired) electrons. The van der Waals surface area contributed by atoms with Crippen molar-refractivity contribution in [3.05, 3.63) is 69.8 Å². The van der Waals surface area contributed by atoms with E-state index in [1.807, 2.05) is 0 Å². The second-order valence-corrected chi connectivity index (χ2v) is 8.35. The van der Waals surface area contributed by atoms with E-state index >= 15 is 0 Å². The van der Waals surface area contributed by atoms with E-state index in [0.717, 1.165) is 0 Å². The van der Waals surface area contributed by atoms with Gasteiger partial charge in [0, 0.05) is 11.6 Å². The number of esters is 1. The number of nitro benzene ring substituents is 1. The molecule has 2 rings (SSSR count). The Bertz CT molecular complexity index is 904. The summed E-state index contributed by atoms with van der Waals surface area (Å²) in [6.07, 6.45) is -0.260. The number of nitrogens with zero attached hydrogens (tertiary/aromatic N) is 1. The molecular weight excluding hydrogens is 409 g/mol. The Labute approximate surface area is 157 Å². The first-order chi connectivity index (χ1) is 12.7. The van der Waals surface area contributed by atoms with Gasteiger partial charge in [0.15, 0.2) is 0 Å². The van der Waals surface area contributed by atoms with Gasteiger partial charge in [-0.1, -0.05) is 49.8 Å². The van der Waals surface area contributed by atoms with Crippen molar-refractivity contribution in [3.63, 3.8) is 0 Å². The largest absolute Gasteiger partial charge is 0.466 e. The lowest BCUT2D eigenvalue weighted by molar-refractivity contribution is -0.385. The van der Waals surface area contributed by atoms with Crippen LogP contribution in [0.4, 0.5) is 25.1 Å². The monoisotopic (exact) mass is 425 g/mol. The molecule has 1 unspecified atom stereocenters. The maximum Gasteiger partial charge on any atom is 0.314 e. The summed E-state index contributed by atoms with van der Waals surface area (Å²) in [5.74, 6) is -2.61. The third-order valence-electron chi connectivity index (χ3n) is 3.87. The SMILES string of the molecule is CCOC(=O)C(Cc1ccccc1)c1cc(S(F)(F)(F)(F)F)ccc1[N+](=O)[O-]. The molecule has 2 aromatic carbocycles. The van der Waals surface area contributed by atoms with Gasteiger partial charge in [0.1, 0.15) is 4.90 Å². The molecule has 5 nitrogen and oxygen atoms in total. The zero-order valence-corrected chi connectivity index (χ0v) is 15.3. The van der Waals surface area contributed by atoms with Crippen molar-refractivity contribution in [3.8, 4) is 0 Å². The molecule has 11 heteroatoms. The van der Waals surface area contributed by atoms with E-state index in [4.69, 9.17) is 4.74 Å². The zero-order valence-electron chi connectivity index (χ0n) is 14.5. The van der Waals surface area contributed by atoms with Crippen molar-refractivity contribution in [2.75, 3.05) is 6.61 Å².